The first kappa shape index (κ1) is 16.3. The standard InChI is InChI=1S/C18H36N2/c1-4-6-15-8-9-17(19)18(13-15)20-11-5-7-16(10-12-20)14(2)3/h14-18H,4-13,19H2,1-3H3. The lowest BCUT2D eigenvalue weighted by atomic mass is 9.79. The van der Waals surface area contributed by atoms with E-state index in [0.29, 0.717) is 12.1 Å². The van der Waals surface area contributed by atoms with Gasteiger partial charge in [-0.2, -0.15) is 0 Å². The molecule has 1 saturated carbocycles. The van der Waals surface area contributed by atoms with Gasteiger partial charge in [-0.15, -0.1) is 0 Å². The molecule has 0 amide bonds. The van der Waals surface area contributed by atoms with Crippen LogP contribution in [0.2, 0.25) is 0 Å². The molecule has 4 atom stereocenters. The Bertz CT molecular complexity index is 277. The highest BCUT2D eigenvalue weighted by atomic mass is 15.2. The number of nitrogens with two attached hydrogens (primary N) is 1. The Morgan fingerprint density at radius 3 is 2.60 bits per heavy atom. The molecular weight excluding hydrogens is 244 g/mol. The van der Waals surface area contributed by atoms with Gasteiger partial charge in [0.25, 0.3) is 0 Å². The molecule has 1 heterocycles. The SMILES string of the molecule is CCCC1CCC(N)C(N2CCCC(C(C)C)CC2)C1. The van der Waals surface area contributed by atoms with Crippen LogP contribution in [0.3, 0.4) is 0 Å². The zero-order valence-corrected chi connectivity index (χ0v) is 14.0. The topological polar surface area (TPSA) is 29.3 Å². The summed E-state index contributed by atoms with van der Waals surface area (Å²) in [5.41, 5.74) is 6.47. The summed E-state index contributed by atoms with van der Waals surface area (Å²) in [5.74, 6) is 2.73. The van der Waals surface area contributed by atoms with Gasteiger partial charge < -0.3 is 5.73 Å². The highest BCUT2D eigenvalue weighted by Crippen LogP contribution is 2.33. The van der Waals surface area contributed by atoms with E-state index in [4.69, 9.17) is 5.73 Å². The largest absolute Gasteiger partial charge is 0.326 e. The van der Waals surface area contributed by atoms with Gasteiger partial charge in [0.05, 0.1) is 0 Å². The van der Waals surface area contributed by atoms with Crippen LogP contribution in [0.25, 0.3) is 0 Å². The number of hydrogen-bond donors (Lipinski definition) is 1. The summed E-state index contributed by atoms with van der Waals surface area (Å²) in [5, 5.41) is 0. The fourth-order valence-corrected chi connectivity index (χ4v) is 4.49. The molecule has 2 fully saturated rings. The molecule has 2 aliphatic rings. The molecule has 2 nitrogen and oxygen atoms in total. The first-order valence-electron chi connectivity index (χ1n) is 9.11. The average Bonchev–Trinajstić information content (AvgIpc) is 2.67. The Morgan fingerprint density at radius 2 is 1.90 bits per heavy atom. The van der Waals surface area contributed by atoms with E-state index in [9.17, 15) is 0 Å². The molecule has 0 aromatic carbocycles. The predicted molar refractivity (Wildman–Crippen MR) is 87.8 cm³/mol. The van der Waals surface area contributed by atoms with E-state index in [0.717, 1.165) is 17.8 Å². The molecule has 2 N–H and O–H groups in total. The molecule has 2 heteroatoms. The second-order valence-electron chi connectivity index (χ2n) is 7.67. The minimum absolute atomic E-state index is 0.429. The molecule has 0 bridgehead atoms. The summed E-state index contributed by atoms with van der Waals surface area (Å²) in [6, 6.07) is 1.10. The summed E-state index contributed by atoms with van der Waals surface area (Å²) >= 11 is 0. The van der Waals surface area contributed by atoms with Crippen molar-refractivity contribution in [1.29, 1.82) is 0 Å². The van der Waals surface area contributed by atoms with Gasteiger partial charge in [-0.05, 0) is 69.4 Å². The molecule has 0 aromatic rings. The van der Waals surface area contributed by atoms with Crippen molar-refractivity contribution in [3.63, 3.8) is 0 Å². The van der Waals surface area contributed by atoms with Crippen LogP contribution in [0.15, 0.2) is 0 Å². The maximum Gasteiger partial charge on any atom is 0.0249 e. The van der Waals surface area contributed by atoms with Crippen molar-refractivity contribution in [1.82, 2.24) is 4.90 Å². The highest BCUT2D eigenvalue weighted by molar-refractivity contribution is 4.90. The van der Waals surface area contributed by atoms with Crippen LogP contribution in [0.1, 0.15) is 72.1 Å². The zero-order chi connectivity index (χ0) is 14.5. The van der Waals surface area contributed by atoms with Gasteiger partial charge in [0.1, 0.15) is 0 Å². The van der Waals surface area contributed by atoms with Gasteiger partial charge in [-0.1, -0.05) is 33.6 Å². The van der Waals surface area contributed by atoms with Crippen molar-refractivity contribution < 1.29 is 0 Å². The maximum absolute atomic E-state index is 6.47. The molecule has 0 spiro atoms. The molecule has 118 valence electrons. The Hall–Kier alpha value is -0.0800. The van der Waals surface area contributed by atoms with E-state index in [1.165, 1.54) is 64.5 Å². The lowest BCUT2D eigenvalue weighted by molar-refractivity contribution is 0.110. The van der Waals surface area contributed by atoms with E-state index >= 15 is 0 Å². The van der Waals surface area contributed by atoms with Crippen molar-refractivity contribution in [2.24, 2.45) is 23.5 Å². The minimum atomic E-state index is 0.429. The van der Waals surface area contributed by atoms with Crippen molar-refractivity contribution >= 4 is 0 Å². The van der Waals surface area contributed by atoms with Crippen LogP contribution in [0.5, 0.6) is 0 Å². The van der Waals surface area contributed by atoms with Crippen LogP contribution >= 0.6 is 0 Å². The van der Waals surface area contributed by atoms with E-state index in [1.54, 1.807) is 0 Å². The summed E-state index contributed by atoms with van der Waals surface area (Å²) in [4.78, 5) is 2.76. The van der Waals surface area contributed by atoms with Crippen LogP contribution in [-0.2, 0) is 0 Å². The van der Waals surface area contributed by atoms with Gasteiger partial charge >= 0.3 is 0 Å². The summed E-state index contributed by atoms with van der Waals surface area (Å²) in [6.07, 6.45) is 10.9. The Morgan fingerprint density at radius 1 is 1.10 bits per heavy atom. The average molecular weight is 280 g/mol. The van der Waals surface area contributed by atoms with E-state index in [-0.39, 0.29) is 0 Å². The molecule has 2 rings (SSSR count). The zero-order valence-electron chi connectivity index (χ0n) is 14.0. The number of rotatable bonds is 4. The number of nitrogens with zero attached hydrogens (tertiary/aromatic N) is 1. The van der Waals surface area contributed by atoms with E-state index in [2.05, 4.69) is 25.7 Å². The predicted octanol–water partition coefficient (Wildman–Crippen LogP) is 4.04. The molecule has 1 saturated heterocycles. The Balaban J connectivity index is 1.91. The van der Waals surface area contributed by atoms with Crippen LogP contribution in [0.4, 0.5) is 0 Å². The summed E-state index contributed by atoms with van der Waals surface area (Å²) < 4.78 is 0. The van der Waals surface area contributed by atoms with Crippen molar-refractivity contribution in [2.75, 3.05) is 13.1 Å². The van der Waals surface area contributed by atoms with Crippen molar-refractivity contribution in [2.45, 2.75) is 84.2 Å². The van der Waals surface area contributed by atoms with Crippen molar-refractivity contribution in [3.8, 4) is 0 Å². The van der Waals surface area contributed by atoms with Gasteiger partial charge in [0, 0.05) is 12.1 Å². The fraction of sp³-hybridized carbons (Fsp3) is 1.00. The lowest BCUT2D eigenvalue weighted by Gasteiger charge is -2.41. The third-order valence-electron chi connectivity index (χ3n) is 5.89. The molecule has 1 aliphatic heterocycles. The van der Waals surface area contributed by atoms with E-state index in [1.807, 2.05) is 0 Å². The first-order chi connectivity index (χ1) is 9.61. The lowest BCUT2D eigenvalue weighted by Crippen LogP contribution is -2.51. The van der Waals surface area contributed by atoms with Gasteiger partial charge in [-0.25, -0.2) is 0 Å². The van der Waals surface area contributed by atoms with E-state index < -0.39 is 0 Å². The second kappa shape index (κ2) is 7.79. The maximum atomic E-state index is 6.47. The molecule has 0 aromatic heterocycles. The first-order valence-corrected chi connectivity index (χ1v) is 9.11. The molecule has 0 radical (unpaired) electrons. The third-order valence-corrected chi connectivity index (χ3v) is 5.89. The quantitative estimate of drug-likeness (QED) is 0.842. The number of hydrogen-bond acceptors (Lipinski definition) is 2. The van der Waals surface area contributed by atoms with Gasteiger partial charge in [-0.3, -0.25) is 4.90 Å². The molecule has 4 unspecified atom stereocenters. The third kappa shape index (κ3) is 4.21. The Labute approximate surface area is 126 Å². The van der Waals surface area contributed by atoms with Crippen LogP contribution in [0, 0.1) is 17.8 Å². The Kier molecular flexibility index (Phi) is 6.35. The smallest absolute Gasteiger partial charge is 0.0249 e. The van der Waals surface area contributed by atoms with Crippen molar-refractivity contribution in [3.05, 3.63) is 0 Å². The highest BCUT2D eigenvalue weighted by Gasteiger charge is 2.33. The van der Waals surface area contributed by atoms with Crippen LogP contribution in [-0.4, -0.2) is 30.1 Å². The minimum Gasteiger partial charge on any atom is -0.326 e. The monoisotopic (exact) mass is 280 g/mol. The second-order valence-corrected chi connectivity index (χ2v) is 7.67. The summed E-state index contributed by atoms with van der Waals surface area (Å²) in [6.45, 7) is 9.69. The molecular formula is C18H36N2. The normalized spacial score (nSPS) is 37.0. The number of likely N-dealkylation sites (tertiary alicyclic amines) is 1. The van der Waals surface area contributed by atoms with Gasteiger partial charge in [0.2, 0.25) is 0 Å². The van der Waals surface area contributed by atoms with Gasteiger partial charge in [0.15, 0.2) is 0 Å². The van der Waals surface area contributed by atoms with Crippen LogP contribution < -0.4 is 5.73 Å². The summed E-state index contributed by atoms with van der Waals surface area (Å²) in [7, 11) is 0. The molecule has 1 aliphatic carbocycles. The fourth-order valence-electron chi connectivity index (χ4n) is 4.49. The molecule has 20 heavy (non-hydrogen) atoms.